The van der Waals surface area contributed by atoms with Crippen molar-refractivity contribution in [1.82, 2.24) is 0 Å². The SMILES string of the molecule is CCC(C)C(C)Nc1ccc2c(c1)CCC2. The van der Waals surface area contributed by atoms with Crippen molar-refractivity contribution in [2.75, 3.05) is 5.32 Å². The monoisotopic (exact) mass is 217 g/mol. The second-order valence-electron chi connectivity index (χ2n) is 5.16. The molecule has 1 aliphatic rings. The molecular weight excluding hydrogens is 194 g/mol. The Morgan fingerprint density at radius 2 is 1.94 bits per heavy atom. The third-order valence-corrected chi connectivity index (χ3v) is 3.99. The summed E-state index contributed by atoms with van der Waals surface area (Å²) in [6.45, 7) is 6.85. The molecule has 0 saturated carbocycles. The molecular formula is C15H23N. The summed E-state index contributed by atoms with van der Waals surface area (Å²) in [5.41, 5.74) is 4.41. The summed E-state index contributed by atoms with van der Waals surface area (Å²) in [5.74, 6) is 0.730. The van der Waals surface area contributed by atoms with Gasteiger partial charge in [0.05, 0.1) is 0 Å². The summed E-state index contributed by atoms with van der Waals surface area (Å²) in [7, 11) is 0. The average molecular weight is 217 g/mol. The fourth-order valence-corrected chi connectivity index (χ4v) is 2.42. The lowest BCUT2D eigenvalue weighted by atomic mass is 10.0. The molecule has 0 bridgehead atoms. The second-order valence-corrected chi connectivity index (χ2v) is 5.16. The van der Waals surface area contributed by atoms with Crippen molar-refractivity contribution in [2.24, 2.45) is 5.92 Å². The molecule has 1 nitrogen and oxygen atoms in total. The number of nitrogens with one attached hydrogen (secondary N) is 1. The summed E-state index contributed by atoms with van der Waals surface area (Å²) in [6.07, 6.45) is 5.11. The Balaban J connectivity index is 2.05. The van der Waals surface area contributed by atoms with Gasteiger partial charge >= 0.3 is 0 Å². The molecule has 1 heteroatoms. The van der Waals surface area contributed by atoms with Crippen LogP contribution in [0.2, 0.25) is 0 Å². The summed E-state index contributed by atoms with van der Waals surface area (Å²) in [5, 5.41) is 3.62. The van der Waals surface area contributed by atoms with E-state index < -0.39 is 0 Å². The molecule has 0 aliphatic heterocycles. The Bertz CT molecular complexity index is 356. The highest BCUT2D eigenvalue weighted by Crippen LogP contribution is 2.25. The summed E-state index contributed by atoms with van der Waals surface area (Å²) in [6, 6.07) is 7.45. The van der Waals surface area contributed by atoms with Gasteiger partial charge in [0.2, 0.25) is 0 Å². The number of aryl methyl sites for hydroxylation is 2. The molecule has 0 heterocycles. The van der Waals surface area contributed by atoms with Gasteiger partial charge < -0.3 is 5.32 Å². The molecule has 0 fully saturated rings. The van der Waals surface area contributed by atoms with Gasteiger partial charge in [-0.25, -0.2) is 0 Å². The average Bonchev–Trinajstić information content (AvgIpc) is 2.75. The first kappa shape index (κ1) is 11.5. The van der Waals surface area contributed by atoms with Crippen molar-refractivity contribution in [2.45, 2.75) is 52.5 Å². The van der Waals surface area contributed by atoms with Crippen molar-refractivity contribution >= 4 is 5.69 Å². The molecule has 1 aromatic rings. The topological polar surface area (TPSA) is 12.0 Å². The Morgan fingerprint density at radius 3 is 2.69 bits per heavy atom. The molecule has 0 saturated heterocycles. The Hall–Kier alpha value is -0.980. The molecule has 1 aromatic carbocycles. The molecule has 1 N–H and O–H groups in total. The van der Waals surface area contributed by atoms with Crippen LogP contribution >= 0.6 is 0 Å². The van der Waals surface area contributed by atoms with Gasteiger partial charge in [0.25, 0.3) is 0 Å². The van der Waals surface area contributed by atoms with E-state index in [1.807, 2.05) is 0 Å². The van der Waals surface area contributed by atoms with Crippen molar-refractivity contribution in [1.29, 1.82) is 0 Å². The van der Waals surface area contributed by atoms with Crippen molar-refractivity contribution < 1.29 is 0 Å². The van der Waals surface area contributed by atoms with Gasteiger partial charge in [-0.3, -0.25) is 0 Å². The minimum atomic E-state index is 0.560. The van der Waals surface area contributed by atoms with E-state index in [0.717, 1.165) is 5.92 Å². The van der Waals surface area contributed by atoms with Gasteiger partial charge in [-0.1, -0.05) is 26.3 Å². The minimum Gasteiger partial charge on any atom is -0.382 e. The van der Waals surface area contributed by atoms with E-state index in [9.17, 15) is 0 Å². The van der Waals surface area contributed by atoms with Crippen LogP contribution in [0.25, 0.3) is 0 Å². The smallest absolute Gasteiger partial charge is 0.0345 e. The minimum absolute atomic E-state index is 0.560. The summed E-state index contributed by atoms with van der Waals surface area (Å²) in [4.78, 5) is 0. The summed E-state index contributed by atoms with van der Waals surface area (Å²) >= 11 is 0. The lowest BCUT2D eigenvalue weighted by Gasteiger charge is -2.21. The highest BCUT2D eigenvalue weighted by Gasteiger charge is 2.13. The Labute approximate surface area is 99.3 Å². The molecule has 0 spiro atoms. The predicted molar refractivity (Wildman–Crippen MR) is 71.0 cm³/mol. The van der Waals surface area contributed by atoms with Gasteiger partial charge in [-0.15, -0.1) is 0 Å². The molecule has 0 amide bonds. The van der Waals surface area contributed by atoms with Crippen LogP contribution in [0, 0.1) is 5.92 Å². The first-order chi connectivity index (χ1) is 7.70. The van der Waals surface area contributed by atoms with Crippen LogP contribution in [0.3, 0.4) is 0 Å². The zero-order valence-electron chi connectivity index (χ0n) is 10.7. The molecule has 88 valence electrons. The van der Waals surface area contributed by atoms with Gasteiger partial charge in [0.1, 0.15) is 0 Å². The van der Waals surface area contributed by atoms with Crippen molar-refractivity contribution in [3.63, 3.8) is 0 Å². The van der Waals surface area contributed by atoms with E-state index in [-0.39, 0.29) is 0 Å². The van der Waals surface area contributed by atoms with E-state index in [0.29, 0.717) is 6.04 Å². The normalized spacial score (nSPS) is 17.9. The van der Waals surface area contributed by atoms with Crippen molar-refractivity contribution in [3.05, 3.63) is 29.3 Å². The number of hydrogen-bond donors (Lipinski definition) is 1. The molecule has 16 heavy (non-hydrogen) atoms. The maximum absolute atomic E-state index is 3.62. The molecule has 0 aromatic heterocycles. The highest BCUT2D eigenvalue weighted by atomic mass is 14.9. The first-order valence-electron chi connectivity index (χ1n) is 6.59. The van der Waals surface area contributed by atoms with E-state index in [4.69, 9.17) is 0 Å². The van der Waals surface area contributed by atoms with Crippen LogP contribution < -0.4 is 5.32 Å². The lowest BCUT2D eigenvalue weighted by molar-refractivity contribution is 0.494. The van der Waals surface area contributed by atoms with Crippen LogP contribution in [-0.2, 0) is 12.8 Å². The van der Waals surface area contributed by atoms with E-state index in [1.54, 1.807) is 11.1 Å². The standard InChI is InChI=1S/C15H23N/c1-4-11(2)12(3)16-15-9-8-13-6-5-7-14(13)10-15/h8-12,16H,4-7H2,1-3H3. The maximum Gasteiger partial charge on any atom is 0.0345 e. The van der Waals surface area contributed by atoms with E-state index in [1.165, 1.54) is 31.4 Å². The number of benzene rings is 1. The second kappa shape index (κ2) is 4.90. The van der Waals surface area contributed by atoms with E-state index in [2.05, 4.69) is 44.3 Å². The third kappa shape index (κ3) is 2.40. The van der Waals surface area contributed by atoms with Crippen LogP contribution in [0.15, 0.2) is 18.2 Å². The number of hydrogen-bond acceptors (Lipinski definition) is 1. The number of fused-ring (bicyclic) bond motifs is 1. The predicted octanol–water partition coefficient (Wildman–Crippen LogP) is 4.02. The van der Waals surface area contributed by atoms with Crippen LogP contribution in [-0.4, -0.2) is 6.04 Å². The number of anilines is 1. The fraction of sp³-hybridized carbons (Fsp3) is 0.600. The third-order valence-electron chi connectivity index (χ3n) is 3.99. The zero-order valence-corrected chi connectivity index (χ0v) is 10.7. The molecule has 2 unspecified atom stereocenters. The highest BCUT2D eigenvalue weighted by molar-refractivity contribution is 5.50. The van der Waals surface area contributed by atoms with E-state index >= 15 is 0 Å². The van der Waals surface area contributed by atoms with Gasteiger partial charge in [-0.05, 0) is 55.4 Å². The van der Waals surface area contributed by atoms with Crippen LogP contribution in [0.5, 0.6) is 0 Å². The largest absolute Gasteiger partial charge is 0.382 e. The molecule has 2 rings (SSSR count). The first-order valence-corrected chi connectivity index (χ1v) is 6.59. The maximum atomic E-state index is 3.62. The lowest BCUT2D eigenvalue weighted by Crippen LogP contribution is -2.23. The molecule has 1 aliphatic carbocycles. The van der Waals surface area contributed by atoms with Crippen LogP contribution in [0.1, 0.15) is 44.7 Å². The Kier molecular flexibility index (Phi) is 3.52. The quantitative estimate of drug-likeness (QED) is 0.803. The van der Waals surface area contributed by atoms with Gasteiger partial charge in [0.15, 0.2) is 0 Å². The molecule has 0 radical (unpaired) electrons. The zero-order chi connectivity index (χ0) is 11.5. The fourth-order valence-electron chi connectivity index (χ4n) is 2.42. The molecule has 2 atom stereocenters. The Morgan fingerprint density at radius 1 is 1.19 bits per heavy atom. The van der Waals surface area contributed by atoms with Crippen molar-refractivity contribution in [3.8, 4) is 0 Å². The number of rotatable bonds is 4. The summed E-state index contributed by atoms with van der Waals surface area (Å²) < 4.78 is 0. The van der Waals surface area contributed by atoms with Gasteiger partial charge in [-0.2, -0.15) is 0 Å². The van der Waals surface area contributed by atoms with Gasteiger partial charge in [0, 0.05) is 11.7 Å². The van der Waals surface area contributed by atoms with Crippen LogP contribution in [0.4, 0.5) is 5.69 Å².